The van der Waals surface area contributed by atoms with E-state index in [0.717, 1.165) is 24.7 Å². The van der Waals surface area contributed by atoms with Crippen LogP contribution in [0.2, 0.25) is 5.02 Å². The molecule has 1 heterocycles. The van der Waals surface area contributed by atoms with E-state index in [1.807, 2.05) is 12.1 Å². The quantitative estimate of drug-likeness (QED) is 0.756. The van der Waals surface area contributed by atoms with Crippen LogP contribution in [0, 0.1) is 22.7 Å². The van der Waals surface area contributed by atoms with Crippen molar-refractivity contribution in [1.82, 2.24) is 0 Å². The number of halogens is 1. The zero-order valence-corrected chi connectivity index (χ0v) is 12.7. The molecule has 1 aliphatic heterocycles. The first-order valence-electron chi connectivity index (χ1n) is 6.86. The van der Waals surface area contributed by atoms with Gasteiger partial charge in [-0.05, 0) is 42.4 Å². The van der Waals surface area contributed by atoms with Gasteiger partial charge in [-0.1, -0.05) is 32.4 Å². The Balaban J connectivity index is 2.08. The van der Waals surface area contributed by atoms with Gasteiger partial charge in [-0.25, -0.2) is 0 Å². The molecule has 1 aliphatic rings. The van der Waals surface area contributed by atoms with Gasteiger partial charge in [0.2, 0.25) is 0 Å². The van der Waals surface area contributed by atoms with Crippen LogP contribution in [0.25, 0.3) is 0 Å². The third-order valence-electron chi connectivity index (χ3n) is 4.14. The van der Waals surface area contributed by atoms with Gasteiger partial charge in [0.05, 0.1) is 22.3 Å². The molecule has 102 valence electrons. The van der Waals surface area contributed by atoms with Crippen molar-refractivity contribution in [3.63, 3.8) is 0 Å². The molecule has 1 aromatic rings. The summed E-state index contributed by atoms with van der Waals surface area (Å²) in [6.45, 7) is 9.06. The van der Waals surface area contributed by atoms with Gasteiger partial charge in [0.1, 0.15) is 0 Å². The minimum absolute atomic E-state index is 0.389. The topological polar surface area (TPSA) is 27.0 Å². The monoisotopic (exact) mass is 276 g/mol. The number of nitriles is 1. The van der Waals surface area contributed by atoms with Crippen LogP contribution < -0.4 is 4.90 Å². The Hall–Kier alpha value is -1.20. The van der Waals surface area contributed by atoms with Crippen molar-refractivity contribution in [3.8, 4) is 6.07 Å². The molecule has 0 saturated carbocycles. The highest BCUT2D eigenvalue weighted by Gasteiger charge is 2.29. The first kappa shape index (κ1) is 14.2. The smallest absolute Gasteiger partial charge is 0.0992 e. The minimum Gasteiger partial charge on any atom is -0.370 e. The van der Waals surface area contributed by atoms with Crippen LogP contribution in [0.5, 0.6) is 0 Å². The molecule has 1 fully saturated rings. The average molecular weight is 277 g/mol. The molecular formula is C16H21ClN2. The van der Waals surface area contributed by atoms with Crippen LogP contribution in [-0.2, 0) is 0 Å². The SMILES string of the molecule is CC(C)(C)C1CCN(c2ccc(C#N)cc2Cl)CC1. The molecule has 0 N–H and O–H groups in total. The number of benzene rings is 1. The van der Waals surface area contributed by atoms with Crippen molar-refractivity contribution in [1.29, 1.82) is 5.26 Å². The molecule has 0 unspecified atom stereocenters. The van der Waals surface area contributed by atoms with Gasteiger partial charge in [-0.2, -0.15) is 5.26 Å². The summed E-state index contributed by atoms with van der Waals surface area (Å²) in [7, 11) is 0. The van der Waals surface area contributed by atoms with Gasteiger partial charge < -0.3 is 4.90 Å². The van der Waals surface area contributed by atoms with Crippen LogP contribution in [0.4, 0.5) is 5.69 Å². The minimum atomic E-state index is 0.389. The van der Waals surface area contributed by atoms with E-state index in [4.69, 9.17) is 16.9 Å². The van der Waals surface area contributed by atoms with Gasteiger partial charge in [0.15, 0.2) is 0 Å². The molecule has 0 atom stereocenters. The molecule has 19 heavy (non-hydrogen) atoms. The predicted molar refractivity (Wildman–Crippen MR) is 80.6 cm³/mol. The third-order valence-corrected chi connectivity index (χ3v) is 4.44. The van der Waals surface area contributed by atoms with Crippen molar-refractivity contribution >= 4 is 17.3 Å². The Bertz CT molecular complexity index is 488. The van der Waals surface area contributed by atoms with Gasteiger partial charge in [0.25, 0.3) is 0 Å². The predicted octanol–water partition coefficient (Wildman–Crippen LogP) is 4.47. The van der Waals surface area contributed by atoms with E-state index in [9.17, 15) is 0 Å². The lowest BCUT2D eigenvalue weighted by Gasteiger charge is -2.40. The number of hydrogen-bond donors (Lipinski definition) is 0. The first-order chi connectivity index (χ1) is 8.91. The Morgan fingerprint density at radius 1 is 1.26 bits per heavy atom. The largest absolute Gasteiger partial charge is 0.370 e. The van der Waals surface area contributed by atoms with Crippen LogP contribution in [-0.4, -0.2) is 13.1 Å². The van der Waals surface area contributed by atoms with Crippen molar-refractivity contribution in [2.45, 2.75) is 33.6 Å². The van der Waals surface area contributed by atoms with Crippen LogP contribution in [0.15, 0.2) is 18.2 Å². The molecule has 0 aromatic heterocycles. The summed E-state index contributed by atoms with van der Waals surface area (Å²) in [5.74, 6) is 0.779. The highest BCUT2D eigenvalue weighted by Crippen LogP contribution is 2.37. The van der Waals surface area contributed by atoms with Gasteiger partial charge >= 0.3 is 0 Å². The number of anilines is 1. The third kappa shape index (κ3) is 3.22. The Morgan fingerprint density at radius 3 is 2.37 bits per heavy atom. The Labute approximate surface area is 121 Å². The van der Waals surface area contributed by atoms with E-state index in [1.54, 1.807) is 6.07 Å². The summed E-state index contributed by atoms with van der Waals surface area (Å²) >= 11 is 6.28. The van der Waals surface area contributed by atoms with Crippen molar-refractivity contribution in [2.24, 2.45) is 11.3 Å². The molecule has 2 rings (SSSR count). The van der Waals surface area contributed by atoms with Crippen molar-refractivity contribution < 1.29 is 0 Å². The van der Waals surface area contributed by atoms with E-state index in [1.165, 1.54) is 12.8 Å². The Kier molecular flexibility index (Phi) is 4.06. The number of piperidine rings is 1. The molecule has 1 saturated heterocycles. The second kappa shape index (κ2) is 5.43. The maximum atomic E-state index is 8.87. The van der Waals surface area contributed by atoms with Crippen LogP contribution in [0.3, 0.4) is 0 Å². The standard InChI is InChI=1S/C16H21ClN2/c1-16(2,3)13-6-8-19(9-7-13)15-5-4-12(11-18)10-14(15)17/h4-5,10,13H,6-9H2,1-3H3. The average Bonchev–Trinajstić information content (AvgIpc) is 2.37. The molecule has 0 amide bonds. The summed E-state index contributed by atoms with van der Waals surface area (Å²) in [6.07, 6.45) is 2.42. The normalized spacial score (nSPS) is 17.3. The van der Waals surface area contributed by atoms with Crippen molar-refractivity contribution in [2.75, 3.05) is 18.0 Å². The van der Waals surface area contributed by atoms with E-state index in [2.05, 4.69) is 31.7 Å². The molecule has 0 spiro atoms. The van der Waals surface area contributed by atoms with E-state index in [-0.39, 0.29) is 0 Å². The summed E-state index contributed by atoms with van der Waals surface area (Å²) in [4.78, 5) is 2.34. The maximum absolute atomic E-state index is 8.87. The zero-order valence-electron chi connectivity index (χ0n) is 11.9. The van der Waals surface area contributed by atoms with Crippen LogP contribution >= 0.6 is 11.6 Å². The highest BCUT2D eigenvalue weighted by atomic mass is 35.5. The molecule has 3 heteroatoms. The second-order valence-corrected chi connectivity index (χ2v) is 6.81. The molecule has 0 bridgehead atoms. The fourth-order valence-corrected chi connectivity index (χ4v) is 3.12. The molecule has 1 aromatic carbocycles. The molecular weight excluding hydrogens is 256 g/mol. The molecule has 0 aliphatic carbocycles. The second-order valence-electron chi connectivity index (χ2n) is 6.41. The van der Waals surface area contributed by atoms with Crippen molar-refractivity contribution in [3.05, 3.63) is 28.8 Å². The van der Waals surface area contributed by atoms with Crippen LogP contribution in [0.1, 0.15) is 39.2 Å². The summed E-state index contributed by atoms with van der Waals surface area (Å²) in [6, 6.07) is 7.69. The lowest BCUT2D eigenvalue weighted by molar-refractivity contribution is 0.199. The fourth-order valence-electron chi connectivity index (χ4n) is 2.82. The molecule has 0 radical (unpaired) electrons. The summed E-state index contributed by atoms with van der Waals surface area (Å²) in [5.41, 5.74) is 2.08. The van der Waals surface area contributed by atoms with E-state index in [0.29, 0.717) is 16.0 Å². The Morgan fingerprint density at radius 2 is 1.89 bits per heavy atom. The molecule has 2 nitrogen and oxygen atoms in total. The summed E-state index contributed by atoms with van der Waals surface area (Å²) in [5, 5.41) is 9.55. The van der Waals surface area contributed by atoms with Gasteiger partial charge in [-0.15, -0.1) is 0 Å². The first-order valence-corrected chi connectivity index (χ1v) is 7.24. The lowest BCUT2D eigenvalue weighted by Crippen LogP contribution is -2.38. The van der Waals surface area contributed by atoms with E-state index < -0.39 is 0 Å². The maximum Gasteiger partial charge on any atom is 0.0992 e. The highest BCUT2D eigenvalue weighted by molar-refractivity contribution is 6.33. The summed E-state index contributed by atoms with van der Waals surface area (Å²) < 4.78 is 0. The van der Waals surface area contributed by atoms with Gasteiger partial charge in [-0.3, -0.25) is 0 Å². The number of rotatable bonds is 1. The fraction of sp³-hybridized carbons (Fsp3) is 0.562. The van der Waals surface area contributed by atoms with Gasteiger partial charge in [0, 0.05) is 13.1 Å². The van der Waals surface area contributed by atoms with E-state index >= 15 is 0 Å². The number of nitrogens with zero attached hydrogens (tertiary/aromatic N) is 2. The lowest BCUT2D eigenvalue weighted by atomic mass is 9.75. The number of hydrogen-bond acceptors (Lipinski definition) is 2. The zero-order chi connectivity index (χ0) is 14.0.